The predicted molar refractivity (Wildman–Crippen MR) is 86.6 cm³/mol. The molecule has 1 aromatic carbocycles. The summed E-state index contributed by atoms with van der Waals surface area (Å²) in [7, 11) is 2.13. The molecule has 0 saturated carbocycles. The average molecular weight is 255 g/mol. The molecule has 0 amide bonds. The Balaban J connectivity index is 0.000000861. The molecule has 1 aliphatic rings. The maximum atomic E-state index is 3.94. The van der Waals surface area contributed by atoms with E-state index in [1.165, 1.54) is 22.5 Å². The number of likely N-dealkylation sites (N-methyl/N-ethyl adjacent to an activating group) is 1. The highest BCUT2D eigenvalue weighted by Gasteiger charge is 2.16. The standard InChI is InChI=1S/C16H19N.C2H6/c1-4-8-15-13(5-2)11-12-14-9-6-7-10-16(14)17(15)3;1-2/h4-10H,2,11-12H2,1,3H3;1-2H3/b8-4-;. The van der Waals surface area contributed by atoms with Crippen molar-refractivity contribution < 1.29 is 0 Å². The van der Waals surface area contributed by atoms with E-state index in [1.54, 1.807) is 0 Å². The Labute approximate surface area is 118 Å². The van der Waals surface area contributed by atoms with Gasteiger partial charge in [-0.15, -0.1) is 0 Å². The third kappa shape index (κ3) is 3.37. The molecular weight excluding hydrogens is 230 g/mol. The van der Waals surface area contributed by atoms with E-state index in [-0.39, 0.29) is 0 Å². The molecular formula is C18H25N. The van der Waals surface area contributed by atoms with Gasteiger partial charge in [-0.1, -0.05) is 50.8 Å². The highest BCUT2D eigenvalue weighted by Crippen LogP contribution is 2.31. The number of para-hydroxylation sites is 1. The van der Waals surface area contributed by atoms with Gasteiger partial charge in [-0.05, 0) is 43.0 Å². The van der Waals surface area contributed by atoms with Crippen LogP contribution in [0.2, 0.25) is 0 Å². The largest absolute Gasteiger partial charge is 0.344 e. The van der Waals surface area contributed by atoms with E-state index in [9.17, 15) is 0 Å². The van der Waals surface area contributed by atoms with E-state index in [0.717, 1.165) is 12.8 Å². The second kappa shape index (κ2) is 7.63. The highest BCUT2D eigenvalue weighted by molar-refractivity contribution is 5.62. The summed E-state index contributed by atoms with van der Waals surface area (Å²) in [6.07, 6.45) is 8.38. The molecule has 1 heteroatoms. The molecule has 0 atom stereocenters. The van der Waals surface area contributed by atoms with Crippen molar-refractivity contribution in [2.75, 3.05) is 11.9 Å². The summed E-state index contributed by atoms with van der Waals surface area (Å²) in [4.78, 5) is 2.26. The number of hydrogen-bond donors (Lipinski definition) is 0. The van der Waals surface area contributed by atoms with Gasteiger partial charge in [0, 0.05) is 18.4 Å². The van der Waals surface area contributed by atoms with Gasteiger partial charge in [0.25, 0.3) is 0 Å². The summed E-state index contributed by atoms with van der Waals surface area (Å²) >= 11 is 0. The summed E-state index contributed by atoms with van der Waals surface area (Å²) in [6, 6.07) is 8.61. The number of nitrogens with zero attached hydrogens (tertiary/aromatic N) is 1. The minimum atomic E-state index is 1.06. The molecule has 19 heavy (non-hydrogen) atoms. The lowest BCUT2D eigenvalue weighted by Crippen LogP contribution is -2.16. The van der Waals surface area contributed by atoms with E-state index >= 15 is 0 Å². The van der Waals surface area contributed by atoms with Gasteiger partial charge in [-0.3, -0.25) is 0 Å². The lowest BCUT2D eigenvalue weighted by molar-refractivity contribution is 0.974. The monoisotopic (exact) mass is 255 g/mol. The SMILES string of the molecule is C=CC1=C(/C=C\C)N(C)c2ccccc2CC1.CC. The van der Waals surface area contributed by atoms with E-state index in [1.807, 2.05) is 19.9 Å². The van der Waals surface area contributed by atoms with Crippen molar-refractivity contribution in [1.82, 2.24) is 0 Å². The zero-order chi connectivity index (χ0) is 14.3. The van der Waals surface area contributed by atoms with Gasteiger partial charge in [0.2, 0.25) is 0 Å². The molecule has 1 heterocycles. The van der Waals surface area contributed by atoms with Crippen LogP contribution >= 0.6 is 0 Å². The Morgan fingerprint density at radius 3 is 2.47 bits per heavy atom. The summed E-state index contributed by atoms with van der Waals surface area (Å²) in [5.41, 5.74) is 5.29. The van der Waals surface area contributed by atoms with Crippen molar-refractivity contribution in [2.45, 2.75) is 33.6 Å². The molecule has 1 aromatic rings. The zero-order valence-electron chi connectivity index (χ0n) is 12.6. The van der Waals surface area contributed by atoms with Crippen molar-refractivity contribution in [1.29, 1.82) is 0 Å². The van der Waals surface area contributed by atoms with Crippen molar-refractivity contribution >= 4 is 5.69 Å². The Morgan fingerprint density at radius 2 is 1.84 bits per heavy atom. The van der Waals surface area contributed by atoms with E-state index < -0.39 is 0 Å². The first-order valence-corrected chi connectivity index (χ1v) is 7.08. The predicted octanol–water partition coefficient (Wildman–Crippen LogP) is 5.11. The van der Waals surface area contributed by atoms with Gasteiger partial charge in [0.1, 0.15) is 0 Å². The van der Waals surface area contributed by atoms with Crippen molar-refractivity contribution in [3.63, 3.8) is 0 Å². The maximum Gasteiger partial charge on any atom is 0.0440 e. The van der Waals surface area contributed by atoms with E-state index in [0.29, 0.717) is 0 Å². The van der Waals surface area contributed by atoms with Crippen LogP contribution in [0.5, 0.6) is 0 Å². The number of rotatable bonds is 2. The molecule has 0 unspecified atom stereocenters. The van der Waals surface area contributed by atoms with Gasteiger partial charge in [0.05, 0.1) is 0 Å². The third-order valence-corrected chi connectivity index (χ3v) is 3.28. The van der Waals surface area contributed by atoms with Crippen LogP contribution in [-0.4, -0.2) is 7.05 Å². The number of benzene rings is 1. The molecule has 0 radical (unpaired) electrons. The summed E-state index contributed by atoms with van der Waals surface area (Å²) < 4.78 is 0. The number of allylic oxidation sites excluding steroid dienone is 4. The van der Waals surface area contributed by atoms with Gasteiger partial charge in [-0.25, -0.2) is 0 Å². The molecule has 0 aliphatic carbocycles. The first-order valence-electron chi connectivity index (χ1n) is 7.08. The Kier molecular flexibility index (Phi) is 6.14. The van der Waals surface area contributed by atoms with Crippen molar-refractivity contribution in [2.24, 2.45) is 0 Å². The molecule has 0 spiro atoms. The Morgan fingerprint density at radius 1 is 1.16 bits per heavy atom. The Hall–Kier alpha value is -1.76. The fourth-order valence-electron chi connectivity index (χ4n) is 2.38. The summed E-state index contributed by atoms with van der Waals surface area (Å²) in [6.45, 7) is 9.99. The van der Waals surface area contributed by atoms with Crippen molar-refractivity contribution in [3.8, 4) is 0 Å². The van der Waals surface area contributed by atoms with Crippen LogP contribution in [0.15, 0.2) is 60.3 Å². The smallest absolute Gasteiger partial charge is 0.0440 e. The summed E-state index contributed by atoms with van der Waals surface area (Å²) in [5.74, 6) is 0. The molecule has 1 aliphatic heterocycles. The minimum absolute atomic E-state index is 1.06. The normalized spacial score (nSPS) is 14.6. The van der Waals surface area contributed by atoms with E-state index in [2.05, 4.69) is 61.9 Å². The third-order valence-electron chi connectivity index (χ3n) is 3.28. The summed E-state index contributed by atoms with van der Waals surface area (Å²) in [5, 5.41) is 0. The molecule has 0 fully saturated rings. The lowest BCUT2D eigenvalue weighted by atomic mass is 10.0. The maximum absolute atomic E-state index is 3.94. The molecule has 2 rings (SSSR count). The van der Waals surface area contributed by atoms with E-state index in [4.69, 9.17) is 0 Å². The fraction of sp³-hybridized carbons (Fsp3) is 0.333. The molecule has 0 aromatic heterocycles. The number of anilines is 1. The van der Waals surface area contributed by atoms with Crippen LogP contribution in [0, 0.1) is 0 Å². The molecule has 1 nitrogen and oxygen atoms in total. The second-order valence-electron chi connectivity index (χ2n) is 4.30. The van der Waals surface area contributed by atoms with Crippen molar-refractivity contribution in [3.05, 3.63) is 65.9 Å². The molecule has 0 saturated heterocycles. The van der Waals surface area contributed by atoms with Gasteiger partial charge < -0.3 is 4.90 Å². The quantitative estimate of drug-likeness (QED) is 0.709. The van der Waals surface area contributed by atoms with Crippen LogP contribution in [0.4, 0.5) is 5.69 Å². The second-order valence-corrected chi connectivity index (χ2v) is 4.30. The Bertz CT molecular complexity index is 480. The van der Waals surface area contributed by atoms with Gasteiger partial charge in [-0.2, -0.15) is 0 Å². The van der Waals surface area contributed by atoms with Crippen LogP contribution in [-0.2, 0) is 6.42 Å². The number of hydrogen-bond acceptors (Lipinski definition) is 1. The molecule has 102 valence electrons. The molecule has 0 bridgehead atoms. The van der Waals surface area contributed by atoms with Crippen LogP contribution in [0.25, 0.3) is 0 Å². The lowest BCUT2D eigenvalue weighted by Gasteiger charge is -2.22. The first kappa shape index (κ1) is 15.3. The average Bonchev–Trinajstić information content (AvgIpc) is 2.60. The van der Waals surface area contributed by atoms with Gasteiger partial charge >= 0.3 is 0 Å². The topological polar surface area (TPSA) is 3.24 Å². The van der Waals surface area contributed by atoms with Crippen LogP contribution in [0.1, 0.15) is 32.8 Å². The minimum Gasteiger partial charge on any atom is -0.344 e. The number of fused-ring (bicyclic) bond motifs is 1. The van der Waals surface area contributed by atoms with Crippen LogP contribution < -0.4 is 4.90 Å². The fourth-order valence-corrected chi connectivity index (χ4v) is 2.38. The highest BCUT2D eigenvalue weighted by atomic mass is 15.1. The molecule has 0 N–H and O–H groups in total. The first-order chi connectivity index (χ1) is 9.27. The van der Waals surface area contributed by atoms with Crippen LogP contribution in [0.3, 0.4) is 0 Å². The number of aryl methyl sites for hydroxylation is 1. The zero-order valence-corrected chi connectivity index (χ0v) is 12.6. The van der Waals surface area contributed by atoms with Gasteiger partial charge in [0.15, 0.2) is 0 Å².